The number of aryl methyl sites for hydroxylation is 1. The smallest absolute Gasteiger partial charge is 0.239 e. The third-order valence-corrected chi connectivity index (χ3v) is 4.40. The molecule has 0 unspecified atom stereocenters. The van der Waals surface area contributed by atoms with Gasteiger partial charge in [-0.05, 0) is 19.4 Å². The lowest BCUT2D eigenvalue weighted by molar-refractivity contribution is -0.138. The second kappa shape index (κ2) is 6.48. The van der Waals surface area contributed by atoms with Crippen LogP contribution in [0.4, 0.5) is 0 Å². The maximum absolute atomic E-state index is 12.2. The van der Waals surface area contributed by atoms with Gasteiger partial charge in [0.25, 0.3) is 0 Å². The number of piperazine rings is 1. The second-order valence-electron chi connectivity index (χ2n) is 6.26. The van der Waals surface area contributed by atoms with Crippen molar-refractivity contribution in [1.29, 1.82) is 0 Å². The lowest BCUT2D eigenvalue weighted by atomic mass is 9.99. The number of nitrogens with zero attached hydrogens (tertiary/aromatic N) is 4. The lowest BCUT2D eigenvalue weighted by Gasteiger charge is -2.31. The Morgan fingerprint density at radius 1 is 1.55 bits per heavy atom. The van der Waals surface area contributed by atoms with Gasteiger partial charge in [-0.25, -0.2) is 4.98 Å². The molecular formula is C15H23N5O2. The average molecular weight is 305 g/mol. The number of rotatable bonds is 4. The normalized spacial score (nSPS) is 21.6. The SMILES string of the molecule is CN(CC(=O)N1CCNC(=O)C1)C[C@H]1CCc2nccn2C1. The zero-order valence-electron chi connectivity index (χ0n) is 13.0. The zero-order valence-corrected chi connectivity index (χ0v) is 13.0. The summed E-state index contributed by atoms with van der Waals surface area (Å²) < 4.78 is 2.21. The van der Waals surface area contributed by atoms with Gasteiger partial charge in [-0.1, -0.05) is 0 Å². The van der Waals surface area contributed by atoms with Gasteiger partial charge in [-0.15, -0.1) is 0 Å². The Morgan fingerprint density at radius 2 is 2.41 bits per heavy atom. The van der Waals surface area contributed by atoms with Crippen LogP contribution >= 0.6 is 0 Å². The minimum Gasteiger partial charge on any atom is -0.353 e. The fourth-order valence-electron chi connectivity index (χ4n) is 3.27. The highest BCUT2D eigenvalue weighted by molar-refractivity contribution is 5.86. The third kappa shape index (κ3) is 3.47. The van der Waals surface area contributed by atoms with E-state index in [-0.39, 0.29) is 18.4 Å². The molecule has 7 nitrogen and oxygen atoms in total. The van der Waals surface area contributed by atoms with Gasteiger partial charge in [0.2, 0.25) is 11.8 Å². The summed E-state index contributed by atoms with van der Waals surface area (Å²) in [5.41, 5.74) is 0. The van der Waals surface area contributed by atoms with Crippen LogP contribution in [0.1, 0.15) is 12.2 Å². The van der Waals surface area contributed by atoms with Crippen molar-refractivity contribution >= 4 is 11.8 Å². The van der Waals surface area contributed by atoms with Crippen molar-refractivity contribution in [2.45, 2.75) is 19.4 Å². The van der Waals surface area contributed by atoms with Crippen molar-refractivity contribution in [3.8, 4) is 0 Å². The molecule has 2 aliphatic heterocycles. The van der Waals surface area contributed by atoms with E-state index in [0.717, 1.165) is 31.8 Å². The molecule has 2 aliphatic rings. The molecular weight excluding hydrogens is 282 g/mol. The average Bonchev–Trinajstić information content (AvgIpc) is 2.94. The van der Waals surface area contributed by atoms with E-state index < -0.39 is 0 Å². The van der Waals surface area contributed by atoms with Crippen LogP contribution in [0.25, 0.3) is 0 Å². The van der Waals surface area contributed by atoms with E-state index in [1.807, 2.05) is 19.4 Å². The summed E-state index contributed by atoms with van der Waals surface area (Å²) in [5, 5.41) is 2.74. The molecule has 0 aliphatic carbocycles. The molecule has 0 aromatic carbocycles. The van der Waals surface area contributed by atoms with Crippen LogP contribution in [0.5, 0.6) is 0 Å². The minimum atomic E-state index is -0.0674. The molecule has 3 rings (SSSR count). The fourth-order valence-corrected chi connectivity index (χ4v) is 3.27. The summed E-state index contributed by atoms with van der Waals surface area (Å²) in [6.07, 6.45) is 6.00. The summed E-state index contributed by atoms with van der Waals surface area (Å²) >= 11 is 0. The largest absolute Gasteiger partial charge is 0.353 e. The van der Waals surface area contributed by atoms with Gasteiger partial charge in [0.05, 0.1) is 13.1 Å². The van der Waals surface area contributed by atoms with E-state index in [1.165, 1.54) is 0 Å². The Balaban J connectivity index is 1.47. The van der Waals surface area contributed by atoms with Crippen molar-refractivity contribution in [3.63, 3.8) is 0 Å². The summed E-state index contributed by atoms with van der Waals surface area (Å²) in [6, 6.07) is 0. The highest BCUT2D eigenvalue weighted by atomic mass is 16.2. The molecule has 1 N–H and O–H groups in total. The van der Waals surface area contributed by atoms with Gasteiger partial charge in [0, 0.05) is 45.0 Å². The van der Waals surface area contributed by atoms with Crippen LogP contribution < -0.4 is 5.32 Å². The summed E-state index contributed by atoms with van der Waals surface area (Å²) in [5.74, 6) is 1.68. The molecule has 22 heavy (non-hydrogen) atoms. The number of likely N-dealkylation sites (N-methyl/N-ethyl adjacent to an activating group) is 1. The highest BCUT2D eigenvalue weighted by Crippen LogP contribution is 2.19. The van der Waals surface area contributed by atoms with Crippen LogP contribution in [0.15, 0.2) is 12.4 Å². The molecule has 3 heterocycles. The van der Waals surface area contributed by atoms with Crippen LogP contribution in [0.2, 0.25) is 0 Å². The van der Waals surface area contributed by atoms with Crippen LogP contribution in [-0.2, 0) is 22.6 Å². The van der Waals surface area contributed by atoms with Crippen molar-refractivity contribution < 1.29 is 9.59 Å². The van der Waals surface area contributed by atoms with Gasteiger partial charge in [-0.3, -0.25) is 14.5 Å². The fraction of sp³-hybridized carbons (Fsp3) is 0.667. The number of amides is 2. The van der Waals surface area contributed by atoms with Gasteiger partial charge in [0.1, 0.15) is 5.82 Å². The van der Waals surface area contributed by atoms with Gasteiger partial charge in [0.15, 0.2) is 0 Å². The summed E-state index contributed by atoms with van der Waals surface area (Å²) in [7, 11) is 1.98. The van der Waals surface area contributed by atoms with E-state index in [2.05, 4.69) is 19.8 Å². The number of hydrogen-bond donors (Lipinski definition) is 1. The Bertz CT molecular complexity index is 556. The first-order valence-corrected chi connectivity index (χ1v) is 7.85. The molecule has 1 atom stereocenters. The second-order valence-corrected chi connectivity index (χ2v) is 6.26. The number of fused-ring (bicyclic) bond motifs is 1. The number of hydrogen-bond acceptors (Lipinski definition) is 4. The number of nitrogens with one attached hydrogen (secondary N) is 1. The summed E-state index contributed by atoms with van der Waals surface area (Å²) in [4.78, 5) is 31.6. The first kappa shape index (κ1) is 15.0. The first-order chi connectivity index (χ1) is 10.6. The number of aromatic nitrogens is 2. The molecule has 0 radical (unpaired) electrons. The number of imidazole rings is 1. The van der Waals surface area contributed by atoms with E-state index in [1.54, 1.807) is 4.90 Å². The van der Waals surface area contributed by atoms with Crippen LogP contribution in [0.3, 0.4) is 0 Å². The van der Waals surface area contributed by atoms with E-state index >= 15 is 0 Å². The van der Waals surface area contributed by atoms with Crippen LogP contribution in [-0.4, -0.2) is 70.9 Å². The quantitative estimate of drug-likeness (QED) is 0.801. The molecule has 1 aromatic heterocycles. The van der Waals surface area contributed by atoms with Crippen molar-refractivity contribution in [3.05, 3.63) is 18.2 Å². The van der Waals surface area contributed by atoms with Crippen molar-refractivity contribution in [1.82, 2.24) is 24.7 Å². The van der Waals surface area contributed by atoms with E-state index in [4.69, 9.17) is 0 Å². The van der Waals surface area contributed by atoms with Crippen molar-refractivity contribution in [2.24, 2.45) is 5.92 Å². The molecule has 2 amide bonds. The van der Waals surface area contributed by atoms with Gasteiger partial charge >= 0.3 is 0 Å². The molecule has 1 aromatic rings. The molecule has 0 saturated carbocycles. The van der Waals surface area contributed by atoms with Gasteiger partial charge in [-0.2, -0.15) is 0 Å². The predicted octanol–water partition coefficient (Wildman–Crippen LogP) is -0.664. The Morgan fingerprint density at radius 3 is 3.23 bits per heavy atom. The van der Waals surface area contributed by atoms with E-state index in [9.17, 15) is 9.59 Å². The molecule has 1 fully saturated rings. The maximum Gasteiger partial charge on any atom is 0.239 e. The van der Waals surface area contributed by atoms with E-state index in [0.29, 0.717) is 25.6 Å². The third-order valence-electron chi connectivity index (χ3n) is 4.40. The lowest BCUT2D eigenvalue weighted by Crippen LogP contribution is -2.52. The number of carbonyl (C=O) groups is 2. The molecule has 7 heteroatoms. The summed E-state index contributed by atoms with van der Waals surface area (Å²) in [6.45, 7) is 3.60. The molecule has 120 valence electrons. The number of carbonyl (C=O) groups excluding carboxylic acids is 2. The van der Waals surface area contributed by atoms with Crippen LogP contribution in [0, 0.1) is 5.92 Å². The molecule has 0 spiro atoms. The minimum absolute atomic E-state index is 0.0384. The molecule has 1 saturated heterocycles. The molecule has 0 bridgehead atoms. The predicted molar refractivity (Wildman–Crippen MR) is 81.1 cm³/mol. The highest BCUT2D eigenvalue weighted by Gasteiger charge is 2.24. The Labute approximate surface area is 130 Å². The Kier molecular flexibility index (Phi) is 4.42. The Hall–Kier alpha value is -1.89. The zero-order chi connectivity index (χ0) is 15.5. The topological polar surface area (TPSA) is 70.5 Å². The monoisotopic (exact) mass is 305 g/mol. The van der Waals surface area contributed by atoms with Gasteiger partial charge < -0.3 is 14.8 Å². The van der Waals surface area contributed by atoms with Crippen molar-refractivity contribution in [2.75, 3.05) is 39.8 Å². The standard InChI is InChI=1S/C15H23N5O2/c1-18(11-15(22)20-7-5-17-14(21)10-20)8-12-2-3-13-16-4-6-19(13)9-12/h4,6,12H,2-3,5,7-11H2,1H3,(H,17,21)/t12-/m1/s1. The maximum atomic E-state index is 12.2. The first-order valence-electron chi connectivity index (χ1n) is 7.85.